The van der Waals surface area contributed by atoms with Crippen molar-refractivity contribution >= 4 is 11.9 Å². The predicted octanol–water partition coefficient (Wildman–Crippen LogP) is 0.800. The van der Waals surface area contributed by atoms with Gasteiger partial charge in [0.25, 0.3) is 0 Å². The Bertz CT molecular complexity index is 1680. The molecule has 0 aromatic rings. The number of carbonyl (C=O) groups excluding carboxylic acids is 2. The average molecular weight is 938 g/mol. The number of ether oxygens (including phenoxy) is 5. The van der Waals surface area contributed by atoms with Gasteiger partial charge in [0.1, 0.15) is 18.1 Å². The number of allylic oxidation sites excluding steroid dienone is 12. The molecular formula is C48H75NO17. The first-order chi connectivity index (χ1) is 31.2. The van der Waals surface area contributed by atoms with Crippen LogP contribution < -0.4 is 5.73 Å². The van der Waals surface area contributed by atoms with Crippen LogP contribution in [0.15, 0.2) is 85.1 Å². The normalized spacial score (nSPS) is 44.9. The summed E-state index contributed by atoms with van der Waals surface area (Å²) in [6, 6.07) is -1.13. The summed E-state index contributed by atoms with van der Waals surface area (Å²) in [7, 11) is 1.12. The number of methoxy groups -OCH3 is 1. The van der Waals surface area contributed by atoms with Gasteiger partial charge in [-0.1, -0.05) is 98.9 Å². The van der Waals surface area contributed by atoms with E-state index in [0.717, 1.165) is 7.11 Å². The van der Waals surface area contributed by atoms with Crippen LogP contribution in [0, 0.1) is 17.8 Å². The van der Waals surface area contributed by atoms with Crippen molar-refractivity contribution in [2.45, 2.75) is 177 Å². The third-order valence-corrected chi connectivity index (χ3v) is 12.2. The second-order valence-corrected chi connectivity index (χ2v) is 17.8. The number of rotatable bonds is 3. The number of esters is 2. The van der Waals surface area contributed by atoms with Crippen molar-refractivity contribution in [1.82, 2.24) is 0 Å². The molecule has 0 radical (unpaired) electrons. The molecule has 3 aliphatic rings. The lowest BCUT2D eigenvalue weighted by Crippen LogP contribution is -2.61. The van der Waals surface area contributed by atoms with Crippen LogP contribution in [0.4, 0.5) is 0 Å². The maximum absolute atomic E-state index is 13.1. The molecule has 19 atom stereocenters. The quantitative estimate of drug-likeness (QED) is 0.174. The largest absolute Gasteiger partial charge is 0.469 e. The van der Waals surface area contributed by atoms with E-state index in [1.54, 1.807) is 75.5 Å². The monoisotopic (exact) mass is 938 g/mol. The first kappa shape index (κ1) is 56.9. The fourth-order valence-corrected chi connectivity index (χ4v) is 8.09. The molecule has 0 spiro atoms. The van der Waals surface area contributed by atoms with E-state index in [-0.39, 0.29) is 31.6 Å². The Morgan fingerprint density at radius 1 is 0.667 bits per heavy atom. The molecule has 0 aliphatic carbocycles. The lowest BCUT2D eigenvalue weighted by atomic mass is 9.82. The van der Waals surface area contributed by atoms with Crippen molar-refractivity contribution in [3.8, 4) is 0 Å². The molecule has 18 heteroatoms. The summed E-state index contributed by atoms with van der Waals surface area (Å²) >= 11 is 0. The van der Waals surface area contributed by atoms with Crippen molar-refractivity contribution in [1.29, 1.82) is 0 Å². The standard InChI is InChI=1S/C48H75NO17/c1-28-18-16-14-12-10-8-6-7-9-11-13-15-17-19-35(65-47-45(59)42(49)44(58)31(4)64-47)25-39-41(46(60)62-5)38(55)27-48(61,66-39)26-34(52)23-37(54)36(53)21-20-32(50)22-33(51)24-40(56)63-30(3)29(2)43(28)57/h6-19,28-39,41-45,47,50-55,57-59,61H,20-27,49H2,1-5H3/b7-6+,10-8+,11-9+,14-12+,15-13+,18-16+,19-17+/t28-,29?,30-,31+,32+,33+,34-,35-,36+,37+,38-,39?,41?,42-,43+,44+,45-,47?,48+/m0/s1. The van der Waals surface area contributed by atoms with Crippen LogP contribution in [0.25, 0.3) is 0 Å². The molecular weight excluding hydrogens is 863 g/mol. The Morgan fingerprint density at radius 2 is 1.24 bits per heavy atom. The molecule has 2 saturated heterocycles. The summed E-state index contributed by atoms with van der Waals surface area (Å²) in [5, 5.41) is 109. The maximum Gasteiger partial charge on any atom is 0.313 e. The minimum absolute atomic E-state index is 0.0949. The van der Waals surface area contributed by atoms with Crippen molar-refractivity contribution in [2.75, 3.05) is 7.11 Å². The molecule has 12 N–H and O–H groups in total. The molecule has 3 heterocycles. The summed E-state index contributed by atoms with van der Waals surface area (Å²) in [6.07, 6.45) is 4.50. The van der Waals surface area contributed by atoms with Crippen molar-refractivity contribution < 1.29 is 84.3 Å². The van der Waals surface area contributed by atoms with Crippen LogP contribution in [0.3, 0.4) is 0 Å². The van der Waals surface area contributed by atoms with E-state index in [1.165, 1.54) is 0 Å². The van der Waals surface area contributed by atoms with Crippen LogP contribution in [0.1, 0.15) is 79.1 Å². The summed E-state index contributed by atoms with van der Waals surface area (Å²) < 4.78 is 28.4. The summed E-state index contributed by atoms with van der Waals surface area (Å²) in [5.41, 5.74) is 6.05. The Morgan fingerprint density at radius 3 is 1.83 bits per heavy atom. The van der Waals surface area contributed by atoms with Gasteiger partial charge in [0.15, 0.2) is 12.1 Å². The van der Waals surface area contributed by atoms with E-state index in [4.69, 9.17) is 29.4 Å². The van der Waals surface area contributed by atoms with Crippen molar-refractivity contribution in [3.63, 3.8) is 0 Å². The van der Waals surface area contributed by atoms with Gasteiger partial charge in [-0.05, 0) is 33.1 Å². The number of hydrogen-bond acceptors (Lipinski definition) is 18. The highest BCUT2D eigenvalue weighted by Gasteiger charge is 2.51. The van der Waals surface area contributed by atoms with Crippen molar-refractivity contribution in [2.24, 2.45) is 23.5 Å². The lowest BCUT2D eigenvalue weighted by molar-refractivity contribution is -0.308. The highest BCUT2D eigenvalue weighted by molar-refractivity contribution is 5.74. The summed E-state index contributed by atoms with van der Waals surface area (Å²) in [4.78, 5) is 25.7. The zero-order valence-electron chi connectivity index (χ0n) is 38.5. The third kappa shape index (κ3) is 18.6. The number of aliphatic hydroxyl groups is 10. The zero-order valence-corrected chi connectivity index (χ0v) is 38.5. The summed E-state index contributed by atoms with van der Waals surface area (Å²) in [6.45, 7) is 6.78. The van der Waals surface area contributed by atoms with Crippen LogP contribution >= 0.6 is 0 Å². The van der Waals surface area contributed by atoms with Gasteiger partial charge in [-0.15, -0.1) is 0 Å². The van der Waals surface area contributed by atoms with Gasteiger partial charge < -0.3 is 80.5 Å². The van der Waals surface area contributed by atoms with Gasteiger partial charge in [-0.25, -0.2) is 0 Å². The van der Waals surface area contributed by atoms with Gasteiger partial charge in [-0.3, -0.25) is 9.59 Å². The van der Waals surface area contributed by atoms with Crippen molar-refractivity contribution in [3.05, 3.63) is 85.1 Å². The fourth-order valence-electron chi connectivity index (χ4n) is 8.09. The Labute approximate surface area is 387 Å². The van der Waals surface area contributed by atoms with E-state index in [9.17, 15) is 60.7 Å². The van der Waals surface area contributed by atoms with Gasteiger partial charge in [0.2, 0.25) is 0 Å². The molecule has 0 aromatic heterocycles. The molecule has 0 saturated carbocycles. The molecule has 3 aliphatic heterocycles. The Kier molecular flexibility index (Phi) is 24.3. The van der Waals surface area contributed by atoms with Crippen LogP contribution in [-0.4, -0.2) is 168 Å². The Hall–Kier alpha value is -3.44. The molecule has 18 nitrogen and oxygen atoms in total. The SMILES string of the molecule is COC(=O)C1C2C[C@@H](OC3O[C@H](C)[C@@H](O)[C@H](N)[C@@H]3O)/C=C/C=C/C=C/C=C/C=C/C=C/C=C/[C@H](C)[C@@H](O)C(C)[C@H](C)OC(=O)C[C@H](O)C[C@H](O)CC[C@@H](O)[C@H](O)C[C@H](O)C[C@](O)(C[C@@H]1O)O2. The van der Waals surface area contributed by atoms with E-state index in [0.29, 0.717) is 0 Å². The van der Waals surface area contributed by atoms with E-state index in [2.05, 4.69) is 0 Å². The maximum atomic E-state index is 13.1. The van der Waals surface area contributed by atoms with E-state index < -0.39 is 147 Å². The van der Waals surface area contributed by atoms with E-state index >= 15 is 0 Å². The van der Waals surface area contributed by atoms with Crippen LogP contribution in [0.2, 0.25) is 0 Å². The average Bonchev–Trinajstić information content (AvgIpc) is 3.24. The molecule has 374 valence electrons. The number of aliphatic hydroxyl groups excluding tert-OH is 9. The van der Waals surface area contributed by atoms with Gasteiger partial charge in [0.05, 0.1) is 86.7 Å². The highest BCUT2D eigenvalue weighted by atomic mass is 16.7. The third-order valence-electron chi connectivity index (χ3n) is 12.2. The Balaban J connectivity index is 1.88. The number of fused-ring (bicyclic) bond motifs is 2. The minimum atomic E-state index is -2.27. The van der Waals surface area contributed by atoms with Gasteiger partial charge >= 0.3 is 11.9 Å². The number of nitrogens with two attached hydrogens (primary N) is 1. The van der Waals surface area contributed by atoms with Gasteiger partial charge in [-0.2, -0.15) is 0 Å². The molecule has 4 unspecified atom stereocenters. The fraction of sp³-hybridized carbons (Fsp3) is 0.667. The summed E-state index contributed by atoms with van der Waals surface area (Å²) in [5.74, 6) is -5.93. The molecule has 2 bridgehead atoms. The molecule has 0 aromatic carbocycles. The van der Waals surface area contributed by atoms with Gasteiger partial charge in [0, 0.05) is 37.5 Å². The smallest absolute Gasteiger partial charge is 0.313 e. The predicted molar refractivity (Wildman–Crippen MR) is 241 cm³/mol. The minimum Gasteiger partial charge on any atom is -0.469 e. The molecule has 66 heavy (non-hydrogen) atoms. The number of carbonyl (C=O) groups is 2. The first-order valence-corrected chi connectivity index (χ1v) is 22.7. The highest BCUT2D eigenvalue weighted by Crippen LogP contribution is 2.38. The van der Waals surface area contributed by atoms with Crippen LogP contribution in [-0.2, 0) is 33.3 Å². The number of hydrogen-bond donors (Lipinski definition) is 11. The number of cyclic esters (lactones) is 1. The second-order valence-electron chi connectivity index (χ2n) is 17.8. The molecule has 2 fully saturated rings. The zero-order chi connectivity index (χ0) is 49.1. The molecule has 0 amide bonds. The first-order valence-electron chi connectivity index (χ1n) is 22.7. The second kappa shape index (κ2) is 28.1. The van der Waals surface area contributed by atoms with E-state index in [1.807, 2.05) is 37.3 Å². The topological polar surface area (TPSA) is 309 Å². The lowest BCUT2D eigenvalue weighted by Gasteiger charge is -2.45. The van der Waals surface area contributed by atoms with Crippen LogP contribution in [0.5, 0.6) is 0 Å². The molecule has 3 rings (SSSR count).